The number of hydrogen-bond acceptors (Lipinski definition) is 4. The molecule has 0 saturated heterocycles. The summed E-state index contributed by atoms with van der Waals surface area (Å²) in [5.41, 5.74) is 1.90. The largest absolute Gasteiger partial charge is 0.239 e. The summed E-state index contributed by atoms with van der Waals surface area (Å²) in [7, 11) is 0. The number of rotatable bonds is 0. The molecule has 0 spiro atoms. The van der Waals surface area contributed by atoms with Gasteiger partial charge in [-0.3, -0.25) is 0 Å². The molecule has 11 heavy (non-hydrogen) atoms. The van der Waals surface area contributed by atoms with Gasteiger partial charge in [-0.1, -0.05) is 11.3 Å². The van der Waals surface area contributed by atoms with E-state index in [1.807, 2.05) is 13.8 Å². The van der Waals surface area contributed by atoms with Crippen molar-refractivity contribution in [2.45, 2.75) is 13.8 Å². The zero-order valence-corrected chi connectivity index (χ0v) is 7.14. The molecular weight excluding hydrogens is 158 g/mol. The van der Waals surface area contributed by atoms with Crippen molar-refractivity contribution in [1.82, 2.24) is 15.0 Å². The van der Waals surface area contributed by atoms with Crippen molar-refractivity contribution in [3.05, 3.63) is 17.0 Å². The second-order valence-corrected chi connectivity index (χ2v) is 3.53. The second kappa shape index (κ2) is 2.23. The topological polar surface area (TPSA) is 38.7 Å². The van der Waals surface area contributed by atoms with Crippen LogP contribution < -0.4 is 0 Å². The Kier molecular flexibility index (Phi) is 1.35. The summed E-state index contributed by atoms with van der Waals surface area (Å²) in [6.07, 6.45) is 1.58. The second-order valence-electron chi connectivity index (χ2n) is 2.35. The van der Waals surface area contributed by atoms with Crippen LogP contribution in [0.5, 0.6) is 0 Å². The minimum atomic E-state index is 0.940. The highest BCUT2D eigenvalue weighted by atomic mass is 32.1. The zero-order chi connectivity index (χ0) is 7.84. The molecule has 0 aromatic carbocycles. The quantitative estimate of drug-likeness (QED) is 0.596. The van der Waals surface area contributed by atoms with Gasteiger partial charge in [0.1, 0.15) is 16.7 Å². The third kappa shape index (κ3) is 0.991. The average Bonchev–Trinajstić information content (AvgIpc) is 2.31. The summed E-state index contributed by atoms with van der Waals surface area (Å²) in [5, 5.41) is 1.05. The highest BCUT2D eigenvalue weighted by Crippen LogP contribution is 2.19. The molecule has 0 aliphatic rings. The van der Waals surface area contributed by atoms with Gasteiger partial charge in [0.25, 0.3) is 0 Å². The lowest BCUT2D eigenvalue weighted by molar-refractivity contribution is 1.14. The molecule has 2 heterocycles. The van der Waals surface area contributed by atoms with E-state index in [0.29, 0.717) is 0 Å². The summed E-state index contributed by atoms with van der Waals surface area (Å²) in [5.74, 6) is 0. The molecule has 0 aliphatic heterocycles. The Bertz CT molecular complexity index is 393. The lowest BCUT2D eigenvalue weighted by Gasteiger charge is -1.88. The number of aryl methyl sites for hydroxylation is 2. The Morgan fingerprint density at radius 1 is 1.27 bits per heavy atom. The first kappa shape index (κ1) is 6.67. The van der Waals surface area contributed by atoms with E-state index in [1.165, 1.54) is 0 Å². The van der Waals surface area contributed by atoms with Gasteiger partial charge in [0.2, 0.25) is 0 Å². The van der Waals surface area contributed by atoms with Gasteiger partial charge < -0.3 is 0 Å². The van der Waals surface area contributed by atoms with Gasteiger partial charge in [-0.25, -0.2) is 15.0 Å². The monoisotopic (exact) mass is 165 g/mol. The van der Waals surface area contributed by atoms with E-state index >= 15 is 0 Å². The molecule has 56 valence electrons. The molecule has 0 N–H and O–H groups in total. The van der Waals surface area contributed by atoms with Crippen LogP contribution in [0.1, 0.15) is 10.7 Å². The van der Waals surface area contributed by atoms with Gasteiger partial charge in [-0.2, -0.15) is 0 Å². The van der Waals surface area contributed by atoms with Crippen molar-refractivity contribution in [3.63, 3.8) is 0 Å². The highest BCUT2D eigenvalue weighted by molar-refractivity contribution is 7.18. The van der Waals surface area contributed by atoms with Crippen LogP contribution >= 0.6 is 11.3 Å². The van der Waals surface area contributed by atoms with Crippen molar-refractivity contribution in [3.8, 4) is 0 Å². The van der Waals surface area contributed by atoms with Crippen molar-refractivity contribution in [1.29, 1.82) is 0 Å². The lowest BCUT2D eigenvalue weighted by Crippen LogP contribution is -1.83. The predicted molar refractivity (Wildman–Crippen MR) is 44.7 cm³/mol. The van der Waals surface area contributed by atoms with Crippen LogP contribution in [-0.4, -0.2) is 15.0 Å². The van der Waals surface area contributed by atoms with Crippen LogP contribution in [-0.2, 0) is 0 Å². The molecular formula is C7H7N3S. The van der Waals surface area contributed by atoms with Gasteiger partial charge in [0, 0.05) is 0 Å². The van der Waals surface area contributed by atoms with E-state index in [0.717, 1.165) is 21.0 Å². The maximum absolute atomic E-state index is 4.31. The molecule has 2 aromatic rings. The van der Waals surface area contributed by atoms with Gasteiger partial charge in [-0.15, -0.1) is 0 Å². The van der Waals surface area contributed by atoms with Crippen LogP contribution in [0.2, 0.25) is 0 Å². The number of nitrogens with zero attached hydrogens (tertiary/aromatic N) is 3. The smallest absolute Gasteiger partial charge is 0.147 e. The molecule has 0 unspecified atom stereocenters. The molecule has 0 saturated carbocycles. The van der Waals surface area contributed by atoms with E-state index in [9.17, 15) is 0 Å². The first-order chi connectivity index (χ1) is 5.27. The normalized spacial score (nSPS) is 10.7. The van der Waals surface area contributed by atoms with Crippen molar-refractivity contribution in [2.75, 3.05) is 0 Å². The van der Waals surface area contributed by atoms with Gasteiger partial charge >= 0.3 is 0 Å². The standard InChI is InChI=1S/C7H7N3S/c1-4-6-7(9-3-8-4)11-5(2)10-6/h3H,1-2H3. The molecule has 0 radical (unpaired) electrons. The summed E-state index contributed by atoms with van der Waals surface area (Å²) in [6.45, 7) is 3.93. The lowest BCUT2D eigenvalue weighted by atomic mass is 10.4. The van der Waals surface area contributed by atoms with Crippen LogP contribution in [0.4, 0.5) is 0 Å². The zero-order valence-electron chi connectivity index (χ0n) is 6.33. The first-order valence-corrected chi connectivity index (χ1v) is 4.14. The molecule has 2 aromatic heterocycles. The number of thiazole rings is 1. The fraction of sp³-hybridized carbons (Fsp3) is 0.286. The number of aromatic nitrogens is 3. The third-order valence-corrected chi connectivity index (χ3v) is 2.36. The number of hydrogen-bond donors (Lipinski definition) is 0. The Hall–Kier alpha value is -1.03. The minimum absolute atomic E-state index is 0.940. The molecule has 0 bridgehead atoms. The van der Waals surface area contributed by atoms with Crippen molar-refractivity contribution in [2.24, 2.45) is 0 Å². The molecule has 0 atom stereocenters. The van der Waals surface area contributed by atoms with Crippen molar-refractivity contribution < 1.29 is 0 Å². The Morgan fingerprint density at radius 3 is 2.82 bits per heavy atom. The van der Waals surface area contributed by atoms with E-state index in [4.69, 9.17) is 0 Å². The summed E-state index contributed by atoms with van der Waals surface area (Å²) < 4.78 is 0. The van der Waals surface area contributed by atoms with E-state index < -0.39 is 0 Å². The fourth-order valence-electron chi connectivity index (χ4n) is 0.969. The maximum Gasteiger partial charge on any atom is 0.147 e. The summed E-state index contributed by atoms with van der Waals surface area (Å²) in [6, 6.07) is 0. The van der Waals surface area contributed by atoms with E-state index in [2.05, 4.69) is 15.0 Å². The molecule has 0 fully saturated rings. The number of fused-ring (bicyclic) bond motifs is 1. The molecule has 3 nitrogen and oxygen atoms in total. The van der Waals surface area contributed by atoms with Crippen LogP contribution in [0.3, 0.4) is 0 Å². The Balaban J connectivity index is 2.90. The van der Waals surface area contributed by atoms with E-state index in [-0.39, 0.29) is 0 Å². The van der Waals surface area contributed by atoms with E-state index in [1.54, 1.807) is 17.7 Å². The summed E-state index contributed by atoms with van der Waals surface area (Å²) >= 11 is 1.60. The molecule has 2 rings (SSSR count). The Labute approximate surface area is 68.1 Å². The van der Waals surface area contributed by atoms with Gasteiger partial charge in [0.05, 0.1) is 10.7 Å². The Morgan fingerprint density at radius 2 is 2.09 bits per heavy atom. The van der Waals surface area contributed by atoms with Gasteiger partial charge in [0.15, 0.2) is 0 Å². The van der Waals surface area contributed by atoms with Crippen molar-refractivity contribution >= 4 is 21.7 Å². The molecule has 4 heteroatoms. The molecule has 0 aliphatic carbocycles. The highest BCUT2D eigenvalue weighted by Gasteiger charge is 2.03. The average molecular weight is 165 g/mol. The first-order valence-electron chi connectivity index (χ1n) is 3.32. The van der Waals surface area contributed by atoms with Crippen LogP contribution in [0.15, 0.2) is 6.33 Å². The third-order valence-electron chi connectivity index (χ3n) is 1.49. The molecule has 0 amide bonds. The minimum Gasteiger partial charge on any atom is -0.239 e. The summed E-state index contributed by atoms with van der Waals surface area (Å²) in [4.78, 5) is 13.4. The van der Waals surface area contributed by atoms with Crippen LogP contribution in [0.25, 0.3) is 10.3 Å². The van der Waals surface area contributed by atoms with Crippen LogP contribution in [0, 0.1) is 13.8 Å². The maximum atomic E-state index is 4.31. The van der Waals surface area contributed by atoms with Gasteiger partial charge in [-0.05, 0) is 13.8 Å². The SMILES string of the molecule is Cc1nc2c(C)ncnc2s1. The fourth-order valence-corrected chi connectivity index (χ4v) is 1.78. The predicted octanol–water partition coefficient (Wildman–Crippen LogP) is 1.70.